The van der Waals surface area contributed by atoms with Crippen LogP contribution in [0.1, 0.15) is 15.9 Å². The second-order valence-corrected chi connectivity index (χ2v) is 4.67. The third-order valence-electron chi connectivity index (χ3n) is 3.02. The Morgan fingerprint density at radius 2 is 1.58 bits per heavy atom. The Morgan fingerprint density at radius 1 is 0.958 bits per heavy atom. The zero-order valence-electron chi connectivity index (χ0n) is 12.7. The zero-order valence-corrected chi connectivity index (χ0v) is 12.7. The second-order valence-electron chi connectivity index (χ2n) is 4.67. The van der Waals surface area contributed by atoms with Crippen molar-refractivity contribution >= 4 is 29.2 Å². The number of carbonyl (C=O) groups excluding carboxylic acids is 3. The van der Waals surface area contributed by atoms with E-state index >= 15 is 0 Å². The van der Waals surface area contributed by atoms with Gasteiger partial charge in [0.1, 0.15) is 0 Å². The lowest BCUT2D eigenvalue weighted by molar-refractivity contribution is -0.132. The molecule has 2 aromatic rings. The van der Waals surface area contributed by atoms with E-state index < -0.39 is 17.8 Å². The molecular weight excluding hydrogens is 310 g/mol. The largest absolute Gasteiger partial charge is 0.465 e. The summed E-state index contributed by atoms with van der Waals surface area (Å²) in [5.41, 5.74) is 1.39. The highest BCUT2D eigenvalue weighted by Crippen LogP contribution is 2.12. The van der Waals surface area contributed by atoms with Crippen LogP contribution in [0.3, 0.4) is 0 Å². The van der Waals surface area contributed by atoms with Gasteiger partial charge in [-0.1, -0.05) is 6.07 Å². The van der Waals surface area contributed by atoms with E-state index in [1.807, 2.05) is 6.07 Å². The van der Waals surface area contributed by atoms with Gasteiger partial charge in [-0.3, -0.25) is 9.59 Å². The minimum atomic E-state index is -0.873. The first kappa shape index (κ1) is 16.7. The number of carbonyl (C=O) groups is 3. The van der Waals surface area contributed by atoms with Crippen LogP contribution in [-0.2, 0) is 14.3 Å². The molecule has 0 bridgehead atoms. The highest BCUT2D eigenvalue weighted by atomic mass is 16.5. The van der Waals surface area contributed by atoms with Crippen LogP contribution in [0.4, 0.5) is 11.4 Å². The fourth-order valence-corrected chi connectivity index (χ4v) is 1.85. The van der Waals surface area contributed by atoms with Gasteiger partial charge < -0.3 is 15.4 Å². The Morgan fingerprint density at radius 3 is 2.17 bits per heavy atom. The minimum absolute atomic E-state index is 0.327. The van der Waals surface area contributed by atoms with Gasteiger partial charge >= 0.3 is 17.8 Å². The number of methoxy groups -OCH3 is 1. The third-order valence-corrected chi connectivity index (χ3v) is 3.02. The van der Waals surface area contributed by atoms with E-state index in [0.29, 0.717) is 22.5 Å². The summed E-state index contributed by atoms with van der Waals surface area (Å²) in [5.74, 6) is -2.24. The summed E-state index contributed by atoms with van der Waals surface area (Å²) < 4.78 is 4.57. The molecule has 2 amide bonds. The summed E-state index contributed by atoms with van der Waals surface area (Å²) in [5, 5.41) is 13.6. The molecule has 0 heterocycles. The molecule has 0 aromatic heterocycles. The predicted molar refractivity (Wildman–Crippen MR) is 86.2 cm³/mol. The average molecular weight is 323 g/mol. The SMILES string of the molecule is COC(=O)c1ccc(NC(=O)C(=O)Nc2cccc(C#N)c2)cc1. The molecule has 0 atom stereocenters. The number of ether oxygens (including phenoxy) is 1. The number of nitriles is 1. The van der Waals surface area contributed by atoms with Crippen molar-refractivity contribution in [3.8, 4) is 6.07 Å². The molecule has 7 nitrogen and oxygen atoms in total. The molecule has 0 unspecified atom stereocenters. The van der Waals surface area contributed by atoms with Crippen LogP contribution in [0.2, 0.25) is 0 Å². The zero-order chi connectivity index (χ0) is 17.5. The van der Waals surface area contributed by atoms with Crippen LogP contribution in [0.5, 0.6) is 0 Å². The highest BCUT2D eigenvalue weighted by molar-refractivity contribution is 6.43. The fraction of sp³-hybridized carbons (Fsp3) is 0.0588. The third kappa shape index (κ3) is 4.18. The fourth-order valence-electron chi connectivity index (χ4n) is 1.85. The van der Waals surface area contributed by atoms with Gasteiger partial charge in [-0.15, -0.1) is 0 Å². The van der Waals surface area contributed by atoms with E-state index in [1.54, 1.807) is 18.2 Å². The van der Waals surface area contributed by atoms with Gasteiger partial charge in [-0.05, 0) is 42.5 Å². The molecule has 2 rings (SSSR count). The van der Waals surface area contributed by atoms with Crippen LogP contribution >= 0.6 is 0 Å². The summed E-state index contributed by atoms with van der Waals surface area (Å²) in [4.78, 5) is 35.0. The lowest BCUT2D eigenvalue weighted by Gasteiger charge is -2.07. The van der Waals surface area contributed by atoms with Crippen molar-refractivity contribution in [1.29, 1.82) is 5.26 Å². The smallest absolute Gasteiger partial charge is 0.337 e. The van der Waals surface area contributed by atoms with Crippen molar-refractivity contribution in [3.05, 3.63) is 59.7 Å². The maximum absolute atomic E-state index is 11.9. The van der Waals surface area contributed by atoms with Crippen LogP contribution in [0, 0.1) is 11.3 Å². The van der Waals surface area contributed by atoms with Crippen molar-refractivity contribution < 1.29 is 19.1 Å². The van der Waals surface area contributed by atoms with Crippen molar-refractivity contribution in [2.24, 2.45) is 0 Å². The monoisotopic (exact) mass is 323 g/mol. The molecular formula is C17H13N3O4. The van der Waals surface area contributed by atoms with Gasteiger partial charge in [-0.2, -0.15) is 5.26 Å². The van der Waals surface area contributed by atoms with E-state index in [-0.39, 0.29) is 0 Å². The van der Waals surface area contributed by atoms with Gasteiger partial charge in [0, 0.05) is 11.4 Å². The van der Waals surface area contributed by atoms with Gasteiger partial charge in [0.05, 0.1) is 24.3 Å². The predicted octanol–water partition coefficient (Wildman–Crippen LogP) is 1.92. The molecule has 0 aliphatic carbocycles. The molecule has 0 fully saturated rings. The Labute approximate surface area is 137 Å². The number of esters is 1. The average Bonchev–Trinajstić information content (AvgIpc) is 2.61. The molecule has 0 aliphatic rings. The first-order valence-corrected chi connectivity index (χ1v) is 6.84. The standard InChI is InChI=1S/C17H13N3O4/c1-24-17(23)12-5-7-13(8-6-12)19-15(21)16(22)20-14-4-2-3-11(9-14)10-18/h2-9H,1H3,(H,19,21)(H,20,22). The van der Waals surface area contributed by atoms with Crippen molar-refractivity contribution in [2.75, 3.05) is 17.7 Å². The maximum Gasteiger partial charge on any atom is 0.337 e. The first-order valence-electron chi connectivity index (χ1n) is 6.84. The van der Waals surface area contributed by atoms with Crippen LogP contribution in [0.25, 0.3) is 0 Å². The molecule has 120 valence electrons. The molecule has 0 spiro atoms. The number of hydrogen-bond donors (Lipinski definition) is 2. The number of nitrogens with zero attached hydrogens (tertiary/aromatic N) is 1. The first-order chi connectivity index (χ1) is 11.5. The highest BCUT2D eigenvalue weighted by Gasteiger charge is 2.14. The number of rotatable bonds is 3. The molecule has 7 heteroatoms. The van der Waals surface area contributed by atoms with Gasteiger partial charge in [0.15, 0.2) is 0 Å². The number of nitrogens with one attached hydrogen (secondary N) is 2. The molecule has 0 aliphatic heterocycles. The van der Waals surface area contributed by atoms with Gasteiger partial charge in [0.25, 0.3) is 0 Å². The summed E-state index contributed by atoms with van der Waals surface area (Å²) in [7, 11) is 1.27. The summed E-state index contributed by atoms with van der Waals surface area (Å²) in [6.07, 6.45) is 0. The molecule has 0 saturated heterocycles. The van der Waals surface area contributed by atoms with Crippen LogP contribution in [-0.4, -0.2) is 24.9 Å². The number of amides is 2. The number of anilines is 2. The topological polar surface area (TPSA) is 108 Å². The summed E-state index contributed by atoms with van der Waals surface area (Å²) in [6.45, 7) is 0. The second kappa shape index (κ2) is 7.56. The Bertz CT molecular complexity index is 822. The number of benzene rings is 2. The van der Waals surface area contributed by atoms with Gasteiger partial charge in [0.2, 0.25) is 0 Å². The quantitative estimate of drug-likeness (QED) is 0.662. The molecule has 2 aromatic carbocycles. The van der Waals surface area contributed by atoms with E-state index in [1.165, 1.54) is 37.4 Å². The van der Waals surface area contributed by atoms with Gasteiger partial charge in [-0.25, -0.2) is 4.79 Å². The molecule has 24 heavy (non-hydrogen) atoms. The lowest BCUT2D eigenvalue weighted by atomic mass is 10.2. The molecule has 2 N–H and O–H groups in total. The van der Waals surface area contributed by atoms with Crippen molar-refractivity contribution in [3.63, 3.8) is 0 Å². The summed E-state index contributed by atoms with van der Waals surface area (Å²) in [6, 6.07) is 14.0. The van der Waals surface area contributed by atoms with Crippen LogP contribution in [0.15, 0.2) is 48.5 Å². The minimum Gasteiger partial charge on any atom is -0.465 e. The van der Waals surface area contributed by atoms with E-state index in [9.17, 15) is 14.4 Å². The normalized spacial score (nSPS) is 9.50. The Hall–Kier alpha value is -3.66. The maximum atomic E-state index is 11.9. The Balaban J connectivity index is 2.00. The summed E-state index contributed by atoms with van der Waals surface area (Å²) >= 11 is 0. The lowest BCUT2D eigenvalue weighted by Crippen LogP contribution is -2.29. The van der Waals surface area contributed by atoms with E-state index in [4.69, 9.17) is 5.26 Å². The van der Waals surface area contributed by atoms with Crippen molar-refractivity contribution in [2.45, 2.75) is 0 Å². The number of hydrogen-bond acceptors (Lipinski definition) is 5. The van der Waals surface area contributed by atoms with E-state index in [2.05, 4.69) is 15.4 Å². The van der Waals surface area contributed by atoms with Crippen molar-refractivity contribution in [1.82, 2.24) is 0 Å². The van der Waals surface area contributed by atoms with Crippen LogP contribution < -0.4 is 10.6 Å². The molecule has 0 saturated carbocycles. The Kier molecular flexibility index (Phi) is 5.26. The molecule has 0 radical (unpaired) electrons. The van der Waals surface area contributed by atoms with E-state index in [0.717, 1.165) is 0 Å².